The summed E-state index contributed by atoms with van der Waals surface area (Å²) in [4.78, 5) is 6.99. The molecule has 0 spiro atoms. The van der Waals surface area contributed by atoms with Crippen LogP contribution in [0.3, 0.4) is 0 Å². The van der Waals surface area contributed by atoms with Gasteiger partial charge < -0.3 is 5.73 Å². The minimum Gasteiger partial charge on any atom is -0.329 e. The van der Waals surface area contributed by atoms with Crippen LogP contribution in [-0.4, -0.2) is 29.0 Å². The average molecular weight is 263 g/mol. The largest absolute Gasteiger partial charge is 0.329 e. The highest BCUT2D eigenvalue weighted by Gasteiger charge is 2.30. The summed E-state index contributed by atoms with van der Waals surface area (Å²) < 4.78 is 0. The summed E-state index contributed by atoms with van der Waals surface area (Å²) in [7, 11) is 2.18. The second-order valence-corrected chi connectivity index (χ2v) is 5.51. The van der Waals surface area contributed by atoms with Gasteiger partial charge in [-0.2, -0.15) is 0 Å². The van der Waals surface area contributed by atoms with E-state index in [4.69, 9.17) is 5.73 Å². The van der Waals surface area contributed by atoms with Gasteiger partial charge >= 0.3 is 0 Å². The van der Waals surface area contributed by atoms with Gasteiger partial charge in [0.2, 0.25) is 0 Å². The number of aromatic nitrogens is 1. The number of hydrogen-bond donors (Lipinski definition) is 1. The molecule has 0 bridgehead atoms. The van der Waals surface area contributed by atoms with Gasteiger partial charge in [-0.1, -0.05) is 32.8 Å². The zero-order chi connectivity index (χ0) is 14.3. The molecule has 3 heteroatoms. The Labute approximate surface area is 118 Å². The van der Waals surface area contributed by atoms with Crippen LogP contribution in [0.25, 0.3) is 0 Å². The van der Waals surface area contributed by atoms with Crippen LogP contribution in [0.1, 0.15) is 50.9 Å². The molecule has 1 atom stereocenters. The third-order valence-corrected chi connectivity index (χ3v) is 4.19. The fraction of sp³-hybridized carbons (Fsp3) is 0.688. The Morgan fingerprint density at radius 1 is 1.32 bits per heavy atom. The number of nitrogens with two attached hydrogens (primary N) is 1. The molecule has 0 aliphatic carbocycles. The number of hydrogen-bond acceptors (Lipinski definition) is 3. The maximum atomic E-state index is 6.08. The van der Waals surface area contributed by atoms with E-state index in [1.807, 2.05) is 13.0 Å². The third kappa shape index (κ3) is 4.29. The molecule has 0 fully saturated rings. The first-order valence-corrected chi connectivity index (χ1v) is 7.41. The molecule has 108 valence electrons. The van der Waals surface area contributed by atoms with E-state index < -0.39 is 0 Å². The Balaban J connectivity index is 2.79. The topological polar surface area (TPSA) is 42.1 Å². The number of unbranched alkanes of at least 4 members (excludes halogenated alkanes) is 1. The molecule has 1 heterocycles. The van der Waals surface area contributed by atoms with Gasteiger partial charge in [0.15, 0.2) is 0 Å². The van der Waals surface area contributed by atoms with Gasteiger partial charge in [0.05, 0.1) is 5.69 Å². The summed E-state index contributed by atoms with van der Waals surface area (Å²) in [5.41, 5.74) is 8.40. The lowest BCUT2D eigenvalue weighted by Gasteiger charge is -2.41. The summed E-state index contributed by atoms with van der Waals surface area (Å²) in [6.45, 7) is 8.10. The van der Waals surface area contributed by atoms with Crippen LogP contribution >= 0.6 is 0 Å². The van der Waals surface area contributed by atoms with Crippen LogP contribution in [0.5, 0.6) is 0 Å². The molecular weight excluding hydrogens is 234 g/mol. The molecule has 2 N–H and O–H groups in total. The summed E-state index contributed by atoms with van der Waals surface area (Å²) in [5.74, 6) is 0. The molecule has 1 aromatic rings. The van der Waals surface area contributed by atoms with E-state index in [2.05, 4.69) is 42.9 Å². The zero-order valence-electron chi connectivity index (χ0n) is 12.9. The fourth-order valence-corrected chi connectivity index (χ4v) is 2.64. The van der Waals surface area contributed by atoms with E-state index in [1.165, 1.54) is 19.3 Å². The van der Waals surface area contributed by atoms with Crippen LogP contribution in [0, 0.1) is 6.92 Å². The first-order valence-electron chi connectivity index (χ1n) is 7.41. The van der Waals surface area contributed by atoms with Gasteiger partial charge in [-0.15, -0.1) is 0 Å². The number of nitrogens with zero attached hydrogens (tertiary/aromatic N) is 2. The molecular formula is C16H29N3. The molecule has 0 saturated carbocycles. The van der Waals surface area contributed by atoms with Crippen LogP contribution < -0.4 is 5.73 Å². The second kappa shape index (κ2) is 7.61. The van der Waals surface area contributed by atoms with E-state index >= 15 is 0 Å². The molecule has 0 saturated heterocycles. The maximum Gasteiger partial charge on any atom is 0.0547 e. The van der Waals surface area contributed by atoms with Crippen LogP contribution in [0.4, 0.5) is 0 Å². The minimum absolute atomic E-state index is 0.113. The zero-order valence-corrected chi connectivity index (χ0v) is 12.9. The van der Waals surface area contributed by atoms with E-state index in [1.54, 1.807) is 0 Å². The molecule has 0 aliphatic heterocycles. The Morgan fingerprint density at radius 3 is 2.58 bits per heavy atom. The van der Waals surface area contributed by atoms with E-state index in [0.717, 1.165) is 24.4 Å². The highest BCUT2D eigenvalue weighted by molar-refractivity contribution is 5.10. The smallest absolute Gasteiger partial charge is 0.0547 e. The number of rotatable bonds is 8. The van der Waals surface area contributed by atoms with Crippen LogP contribution in [-0.2, 0) is 6.54 Å². The first-order chi connectivity index (χ1) is 9.07. The molecule has 0 amide bonds. The van der Waals surface area contributed by atoms with Gasteiger partial charge in [0, 0.05) is 24.3 Å². The van der Waals surface area contributed by atoms with Crippen molar-refractivity contribution in [2.45, 2.75) is 58.5 Å². The molecule has 0 aromatic carbocycles. The average Bonchev–Trinajstić information content (AvgIpc) is 2.40. The lowest BCUT2D eigenvalue weighted by Crippen LogP contribution is -2.51. The highest BCUT2D eigenvalue weighted by Crippen LogP contribution is 2.25. The van der Waals surface area contributed by atoms with E-state index in [9.17, 15) is 0 Å². The fourth-order valence-electron chi connectivity index (χ4n) is 2.64. The van der Waals surface area contributed by atoms with Crippen molar-refractivity contribution in [3.8, 4) is 0 Å². The van der Waals surface area contributed by atoms with Gasteiger partial charge in [-0.3, -0.25) is 9.88 Å². The molecule has 1 rings (SSSR count). The lowest BCUT2D eigenvalue weighted by atomic mass is 9.88. The van der Waals surface area contributed by atoms with Crippen molar-refractivity contribution in [3.05, 3.63) is 29.6 Å². The van der Waals surface area contributed by atoms with Gasteiger partial charge in [-0.25, -0.2) is 0 Å². The van der Waals surface area contributed by atoms with E-state index in [-0.39, 0.29) is 5.54 Å². The molecule has 3 nitrogen and oxygen atoms in total. The Hall–Kier alpha value is -0.930. The molecule has 0 aliphatic rings. The quantitative estimate of drug-likeness (QED) is 0.783. The second-order valence-electron chi connectivity index (χ2n) is 5.51. The summed E-state index contributed by atoms with van der Waals surface area (Å²) >= 11 is 0. The monoisotopic (exact) mass is 263 g/mol. The number of aryl methyl sites for hydroxylation is 1. The van der Waals surface area contributed by atoms with Gasteiger partial charge in [-0.05, 0) is 38.9 Å². The summed E-state index contributed by atoms with van der Waals surface area (Å²) in [5, 5.41) is 0. The van der Waals surface area contributed by atoms with Gasteiger partial charge in [0.25, 0.3) is 0 Å². The normalized spacial score (nSPS) is 14.6. The maximum absolute atomic E-state index is 6.08. The van der Waals surface area contributed by atoms with E-state index in [0.29, 0.717) is 6.54 Å². The van der Waals surface area contributed by atoms with Crippen LogP contribution in [0.2, 0.25) is 0 Å². The minimum atomic E-state index is 0.113. The lowest BCUT2D eigenvalue weighted by molar-refractivity contribution is 0.0985. The molecule has 0 radical (unpaired) electrons. The Kier molecular flexibility index (Phi) is 6.46. The third-order valence-electron chi connectivity index (χ3n) is 4.19. The molecule has 1 unspecified atom stereocenters. The molecule has 19 heavy (non-hydrogen) atoms. The van der Waals surface area contributed by atoms with Gasteiger partial charge in [0.1, 0.15) is 0 Å². The first kappa shape index (κ1) is 16.1. The predicted molar refractivity (Wildman–Crippen MR) is 82.0 cm³/mol. The number of pyridine rings is 1. The summed E-state index contributed by atoms with van der Waals surface area (Å²) in [6, 6.07) is 6.21. The highest BCUT2D eigenvalue weighted by atomic mass is 15.2. The predicted octanol–water partition coefficient (Wildman–Crippen LogP) is 3.12. The SMILES string of the molecule is CCCCC(CC)(CN)N(C)Cc1cccc(C)n1. The van der Waals surface area contributed by atoms with Crippen molar-refractivity contribution in [3.63, 3.8) is 0 Å². The van der Waals surface area contributed by atoms with Crippen molar-refractivity contribution in [2.75, 3.05) is 13.6 Å². The van der Waals surface area contributed by atoms with Crippen molar-refractivity contribution >= 4 is 0 Å². The van der Waals surface area contributed by atoms with Crippen molar-refractivity contribution in [2.24, 2.45) is 5.73 Å². The van der Waals surface area contributed by atoms with Crippen molar-refractivity contribution < 1.29 is 0 Å². The Bertz CT molecular complexity index is 372. The number of likely N-dealkylation sites (N-methyl/N-ethyl adjacent to an activating group) is 1. The Morgan fingerprint density at radius 2 is 2.05 bits per heavy atom. The van der Waals surface area contributed by atoms with Crippen LogP contribution in [0.15, 0.2) is 18.2 Å². The van der Waals surface area contributed by atoms with Crippen molar-refractivity contribution in [1.29, 1.82) is 0 Å². The molecule has 1 aromatic heterocycles. The van der Waals surface area contributed by atoms with Crippen molar-refractivity contribution in [1.82, 2.24) is 9.88 Å². The standard InChI is InChI=1S/C16H29N3/c1-5-7-11-16(6-2,13-17)19(4)12-15-10-8-9-14(3)18-15/h8-10H,5-7,11-13,17H2,1-4H3. The summed E-state index contributed by atoms with van der Waals surface area (Å²) in [6.07, 6.45) is 4.71.